The second kappa shape index (κ2) is 6.09. The molecule has 0 aromatic carbocycles. The van der Waals surface area contributed by atoms with E-state index in [1.807, 2.05) is 18.9 Å². The van der Waals surface area contributed by atoms with Gasteiger partial charge in [-0.25, -0.2) is 4.79 Å². The Morgan fingerprint density at radius 2 is 2.19 bits per heavy atom. The first kappa shape index (κ1) is 13.3. The average Bonchev–Trinajstić information content (AvgIpc) is 2.35. The van der Waals surface area contributed by atoms with Gasteiger partial charge in [0.25, 0.3) is 0 Å². The standard InChI is InChI=1S/C12H25N3O/c1-4-10-6-7-15(11(8-10)9-13)12(16)14(3)5-2/h10-11H,4-9,13H2,1-3H3. The minimum absolute atomic E-state index is 0.132. The first-order chi connectivity index (χ1) is 7.63. The van der Waals surface area contributed by atoms with Crippen molar-refractivity contribution in [2.45, 2.75) is 39.2 Å². The van der Waals surface area contributed by atoms with Crippen molar-refractivity contribution in [1.82, 2.24) is 9.80 Å². The molecule has 1 heterocycles. The Hall–Kier alpha value is -0.770. The SMILES string of the molecule is CCC1CCN(C(=O)N(C)CC)C(CN)C1. The van der Waals surface area contributed by atoms with Crippen molar-refractivity contribution in [2.75, 3.05) is 26.7 Å². The van der Waals surface area contributed by atoms with Crippen molar-refractivity contribution < 1.29 is 4.79 Å². The van der Waals surface area contributed by atoms with E-state index in [0.717, 1.165) is 31.8 Å². The van der Waals surface area contributed by atoms with Crippen molar-refractivity contribution in [1.29, 1.82) is 0 Å². The zero-order valence-corrected chi connectivity index (χ0v) is 10.8. The van der Waals surface area contributed by atoms with Crippen molar-refractivity contribution in [3.63, 3.8) is 0 Å². The highest BCUT2D eigenvalue weighted by Crippen LogP contribution is 2.25. The van der Waals surface area contributed by atoms with E-state index in [1.54, 1.807) is 4.90 Å². The number of nitrogens with zero attached hydrogens (tertiary/aromatic N) is 2. The van der Waals surface area contributed by atoms with E-state index in [9.17, 15) is 4.79 Å². The summed E-state index contributed by atoms with van der Waals surface area (Å²) in [7, 11) is 1.85. The Morgan fingerprint density at radius 3 is 2.69 bits per heavy atom. The van der Waals surface area contributed by atoms with E-state index >= 15 is 0 Å². The van der Waals surface area contributed by atoms with Gasteiger partial charge in [0.2, 0.25) is 0 Å². The molecule has 0 bridgehead atoms. The van der Waals surface area contributed by atoms with Crippen LogP contribution in [0.4, 0.5) is 4.79 Å². The summed E-state index contributed by atoms with van der Waals surface area (Å²) in [6.07, 6.45) is 3.38. The van der Waals surface area contributed by atoms with E-state index in [-0.39, 0.29) is 12.1 Å². The van der Waals surface area contributed by atoms with Crippen LogP contribution in [0, 0.1) is 5.92 Å². The van der Waals surface area contributed by atoms with Crippen LogP contribution in [0.5, 0.6) is 0 Å². The van der Waals surface area contributed by atoms with Gasteiger partial charge < -0.3 is 15.5 Å². The molecule has 1 rings (SSSR count). The molecular formula is C12H25N3O. The summed E-state index contributed by atoms with van der Waals surface area (Å²) in [5, 5.41) is 0. The second-order valence-corrected chi connectivity index (χ2v) is 4.68. The van der Waals surface area contributed by atoms with Gasteiger partial charge in [0.15, 0.2) is 0 Å². The van der Waals surface area contributed by atoms with Crippen molar-refractivity contribution in [2.24, 2.45) is 11.7 Å². The normalized spacial score (nSPS) is 25.6. The molecule has 94 valence electrons. The fraction of sp³-hybridized carbons (Fsp3) is 0.917. The van der Waals surface area contributed by atoms with Crippen LogP contribution in [0.1, 0.15) is 33.1 Å². The minimum Gasteiger partial charge on any atom is -0.328 e. The van der Waals surface area contributed by atoms with Crippen molar-refractivity contribution in [3.05, 3.63) is 0 Å². The fourth-order valence-corrected chi connectivity index (χ4v) is 2.33. The van der Waals surface area contributed by atoms with E-state index in [1.165, 1.54) is 6.42 Å². The number of hydrogen-bond donors (Lipinski definition) is 1. The predicted octanol–water partition coefficient (Wildman–Crippen LogP) is 1.51. The molecule has 1 aliphatic rings. The third-order valence-electron chi connectivity index (χ3n) is 3.72. The lowest BCUT2D eigenvalue weighted by atomic mass is 9.89. The molecule has 2 unspecified atom stereocenters. The number of hydrogen-bond acceptors (Lipinski definition) is 2. The molecule has 0 saturated carbocycles. The number of nitrogens with two attached hydrogens (primary N) is 1. The van der Waals surface area contributed by atoms with Gasteiger partial charge in [-0.2, -0.15) is 0 Å². The maximum absolute atomic E-state index is 12.1. The number of carbonyl (C=O) groups excluding carboxylic acids is 1. The van der Waals surface area contributed by atoms with Crippen LogP contribution < -0.4 is 5.73 Å². The van der Waals surface area contributed by atoms with Gasteiger partial charge in [0, 0.05) is 32.7 Å². The lowest BCUT2D eigenvalue weighted by molar-refractivity contribution is 0.107. The van der Waals surface area contributed by atoms with Crippen molar-refractivity contribution >= 4 is 6.03 Å². The van der Waals surface area contributed by atoms with E-state index in [4.69, 9.17) is 5.73 Å². The van der Waals surface area contributed by atoms with Gasteiger partial charge >= 0.3 is 6.03 Å². The van der Waals surface area contributed by atoms with Gasteiger partial charge in [-0.3, -0.25) is 0 Å². The van der Waals surface area contributed by atoms with Gasteiger partial charge in [-0.15, -0.1) is 0 Å². The van der Waals surface area contributed by atoms with Crippen LogP contribution in [0.3, 0.4) is 0 Å². The van der Waals surface area contributed by atoms with Crippen molar-refractivity contribution in [3.8, 4) is 0 Å². The Bertz CT molecular complexity index is 232. The zero-order chi connectivity index (χ0) is 12.1. The Morgan fingerprint density at radius 1 is 1.50 bits per heavy atom. The summed E-state index contributed by atoms with van der Waals surface area (Å²) in [6, 6.07) is 0.368. The first-order valence-corrected chi connectivity index (χ1v) is 6.35. The van der Waals surface area contributed by atoms with Crippen LogP contribution in [-0.4, -0.2) is 48.6 Å². The quantitative estimate of drug-likeness (QED) is 0.794. The topological polar surface area (TPSA) is 49.6 Å². The molecular weight excluding hydrogens is 202 g/mol. The molecule has 0 spiro atoms. The highest BCUT2D eigenvalue weighted by Gasteiger charge is 2.31. The summed E-state index contributed by atoms with van der Waals surface area (Å²) in [5.74, 6) is 0.740. The molecule has 0 radical (unpaired) electrons. The molecule has 1 saturated heterocycles. The fourth-order valence-electron chi connectivity index (χ4n) is 2.33. The Balaban J connectivity index is 2.62. The molecule has 2 atom stereocenters. The smallest absolute Gasteiger partial charge is 0.320 e. The summed E-state index contributed by atoms with van der Waals surface area (Å²) >= 11 is 0. The Labute approximate surface area is 98.8 Å². The average molecular weight is 227 g/mol. The largest absolute Gasteiger partial charge is 0.328 e. The molecule has 1 fully saturated rings. The summed E-state index contributed by atoms with van der Waals surface area (Å²) in [4.78, 5) is 15.8. The summed E-state index contributed by atoms with van der Waals surface area (Å²) in [6.45, 7) is 6.41. The van der Waals surface area contributed by atoms with Gasteiger partial charge in [0.1, 0.15) is 0 Å². The zero-order valence-electron chi connectivity index (χ0n) is 10.8. The van der Waals surface area contributed by atoms with E-state index in [0.29, 0.717) is 6.54 Å². The molecule has 2 amide bonds. The summed E-state index contributed by atoms with van der Waals surface area (Å²) < 4.78 is 0. The number of piperidine rings is 1. The highest BCUT2D eigenvalue weighted by molar-refractivity contribution is 5.74. The number of urea groups is 1. The molecule has 0 aromatic heterocycles. The second-order valence-electron chi connectivity index (χ2n) is 4.68. The number of carbonyl (C=O) groups is 1. The molecule has 2 N–H and O–H groups in total. The van der Waals surface area contributed by atoms with Crippen LogP contribution in [-0.2, 0) is 0 Å². The number of rotatable bonds is 3. The first-order valence-electron chi connectivity index (χ1n) is 6.35. The lowest BCUT2D eigenvalue weighted by Crippen LogP contribution is -2.53. The third-order valence-corrected chi connectivity index (χ3v) is 3.72. The van der Waals surface area contributed by atoms with Crippen LogP contribution in [0.15, 0.2) is 0 Å². The third kappa shape index (κ3) is 2.88. The predicted molar refractivity (Wildman–Crippen MR) is 66.3 cm³/mol. The van der Waals surface area contributed by atoms with E-state index in [2.05, 4.69) is 6.92 Å². The number of likely N-dealkylation sites (tertiary alicyclic amines) is 1. The van der Waals surface area contributed by atoms with Crippen LogP contribution in [0.25, 0.3) is 0 Å². The highest BCUT2D eigenvalue weighted by atomic mass is 16.2. The Kier molecular flexibility index (Phi) is 5.06. The molecule has 4 heteroatoms. The van der Waals surface area contributed by atoms with Gasteiger partial charge in [-0.05, 0) is 25.7 Å². The molecule has 0 aromatic rings. The number of amides is 2. The van der Waals surface area contributed by atoms with Gasteiger partial charge in [-0.1, -0.05) is 13.3 Å². The van der Waals surface area contributed by atoms with E-state index < -0.39 is 0 Å². The molecule has 4 nitrogen and oxygen atoms in total. The maximum Gasteiger partial charge on any atom is 0.320 e. The maximum atomic E-state index is 12.1. The lowest BCUT2D eigenvalue weighted by Gasteiger charge is -2.40. The minimum atomic E-state index is 0.132. The van der Waals surface area contributed by atoms with Gasteiger partial charge in [0.05, 0.1) is 0 Å². The molecule has 0 aliphatic carbocycles. The molecule has 1 aliphatic heterocycles. The molecule has 16 heavy (non-hydrogen) atoms. The van der Waals surface area contributed by atoms with Crippen LogP contribution >= 0.6 is 0 Å². The monoisotopic (exact) mass is 227 g/mol. The van der Waals surface area contributed by atoms with Crippen LogP contribution in [0.2, 0.25) is 0 Å². The summed E-state index contributed by atoms with van der Waals surface area (Å²) in [5.41, 5.74) is 5.78.